The molecule has 1 aliphatic heterocycles. The number of anilines is 2. The second-order valence-electron chi connectivity index (χ2n) is 6.52. The molecule has 0 bridgehead atoms. The molecule has 27 heavy (non-hydrogen) atoms. The molecule has 0 saturated carbocycles. The number of amides is 1. The lowest BCUT2D eigenvalue weighted by Gasteiger charge is -2.19. The van der Waals surface area contributed by atoms with Crippen molar-refractivity contribution in [1.82, 2.24) is 5.32 Å². The van der Waals surface area contributed by atoms with E-state index in [9.17, 15) is 4.79 Å². The predicted molar refractivity (Wildman–Crippen MR) is 116 cm³/mol. The summed E-state index contributed by atoms with van der Waals surface area (Å²) in [6, 6.07) is 9.92. The maximum Gasteiger partial charge on any atom is 0.227 e. The maximum atomic E-state index is 11.9. The van der Waals surface area contributed by atoms with Crippen LogP contribution < -0.4 is 15.5 Å². The molecule has 1 aliphatic rings. The Kier molecular flexibility index (Phi) is 7.18. The highest BCUT2D eigenvalue weighted by atomic mass is 32.2. The van der Waals surface area contributed by atoms with Gasteiger partial charge in [-0.3, -0.25) is 4.79 Å². The first-order chi connectivity index (χ1) is 13.1. The van der Waals surface area contributed by atoms with E-state index in [0.717, 1.165) is 60.1 Å². The van der Waals surface area contributed by atoms with Crippen LogP contribution >= 0.6 is 24.0 Å². The average molecular weight is 404 g/mol. The third-order valence-corrected chi connectivity index (χ3v) is 5.71. The van der Waals surface area contributed by atoms with Crippen molar-refractivity contribution >= 4 is 46.4 Å². The lowest BCUT2D eigenvalue weighted by Crippen LogP contribution is -2.29. The van der Waals surface area contributed by atoms with Crippen molar-refractivity contribution in [2.24, 2.45) is 0 Å². The number of nitrogens with one attached hydrogen (secondary N) is 2. The highest BCUT2D eigenvalue weighted by Gasteiger charge is 2.22. The van der Waals surface area contributed by atoms with Crippen LogP contribution in [-0.2, 0) is 10.5 Å². The molecule has 1 fully saturated rings. The first kappa shape index (κ1) is 19.8. The molecule has 2 aromatic rings. The van der Waals surface area contributed by atoms with Crippen molar-refractivity contribution in [2.45, 2.75) is 31.9 Å². The minimum atomic E-state index is 0.209. The maximum absolute atomic E-state index is 11.9. The summed E-state index contributed by atoms with van der Waals surface area (Å²) in [5, 5.41) is 7.08. The Morgan fingerprint density at radius 1 is 1.37 bits per heavy atom. The SMILES string of the molecule is Cc1cc(NC(=S)NCCCSCc2ccco2)ccc1N1CCCC1=O. The lowest BCUT2D eigenvalue weighted by atomic mass is 10.1. The monoisotopic (exact) mass is 403 g/mol. The highest BCUT2D eigenvalue weighted by molar-refractivity contribution is 7.98. The molecule has 7 heteroatoms. The molecule has 2 heterocycles. The van der Waals surface area contributed by atoms with Crippen LogP contribution in [0.15, 0.2) is 41.0 Å². The van der Waals surface area contributed by atoms with Gasteiger partial charge >= 0.3 is 0 Å². The molecule has 5 nitrogen and oxygen atoms in total. The van der Waals surface area contributed by atoms with Crippen LogP contribution in [0.5, 0.6) is 0 Å². The Labute approximate surface area is 169 Å². The molecule has 144 valence electrons. The van der Waals surface area contributed by atoms with Gasteiger partial charge < -0.3 is 20.0 Å². The molecule has 3 rings (SSSR count). The molecule has 0 spiro atoms. The summed E-state index contributed by atoms with van der Waals surface area (Å²) in [5.74, 6) is 3.18. The van der Waals surface area contributed by atoms with Crippen LogP contribution in [0.1, 0.15) is 30.6 Å². The van der Waals surface area contributed by atoms with Crippen LogP contribution in [0.4, 0.5) is 11.4 Å². The number of hydrogen-bond donors (Lipinski definition) is 2. The molecule has 1 aromatic heterocycles. The van der Waals surface area contributed by atoms with Crippen LogP contribution in [0.3, 0.4) is 0 Å². The summed E-state index contributed by atoms with van der Waals surface area (Å²) >= 11 is 7.23. The van der Waals surface area contributed by atoms with E-state index in [1.54, 1.807) is 6.26 Å². The number of furan rings is 1. The number of rotatable bonds is 8. The molecule has 0 radical (unpaired) electrons. The van der Waals surface area contributed by atoms with Gasteiger partial charge in [0.2, 0.25) is 5.91 Å². The van der Waals surface area contributed by atoms with E-state index in [2.05, 4.69) is 10.6 Å². The van der Waals surface area contributed by atoms with Gasteiger partial charge in [-0.15, -0.1) is 0 Å². The zero-order valence-electron chi connectivity index (χ0n) is 15.5. The zero-order valence-corrected chi connectivity index (χ0v) is 17.1. The predicted octanol–water partition coefficient (Wildman–Crippen LogP) is 4.32. The molecule has 0 unspecified atom stereocenters. The summed E-state index contributed by atoms with van der Waals surface area (Å²) in [6.45, 7) is 3.67. The summed E-state index contributed by atoms with van der Waals surface area (Å²) in [5.41, 5.74) is 3.01. The first-order valence-corrected chi connectivity index (χ1v) is 10.8. The van der Waals surface area contributed by atoms with Gasteiger partial charge in [0.15, 0.2) is 5.11 Å². The molecule has 0 aliphatic carbocycles. The van der Waals surface area contributed by atoms with Crippen molar-refractivity contribution in [3.8, 4) is 0 Å². The summed E-state index contributed by atoms with van der Waals surface area (Å²) in [4.78, 5) is 13.8. The second kappa shape index (κ2) is 9.80. The van der Waals surface area contributed by atoms with Gasteiger partial charge in [0.25, 0.3) is 0 Å². The standard InChI is InChI=1S/C20H25N3O2S2/c1-15-13-16(7-8-18(15)23-10-2-6-19(23)24)22-20(26)21-9-4-12-27-14-17-5-3-11-25-17/h3,5,7-8,11,13H,2,4,6,9-10,12,14H2,1H3,(H2,21,22,26). The van der Waals surface area contributed by atoms with Crippen molar-refractivity contribution in [1.29, 1.82) is 0 Å². The Hall–Kier alpha value is -1.99. The van der Waals surface area contributed by atoms with Crippen molar-refractivity contribution < 1.29 is 9.21 Å². The Morgan fingerprint density at radius 3 is 2.96 bits per heavy atom. The van der Waals surface area contributed by atoms with E-state index >= 15 is 0 Å². The molecule has 1 saturated heterocycles. The van der Waals surface area contributed by atoms with Crippen molar-refractivity contribution in [2.75, 3.05) is 29.1 Å². The van der Waals surface area contributed by atoms with E-state index in [1.807, 2.05) is 53.9 Å². The molecule has 0 atom stereocenters. The minimum Gasteiger partial charge on any atom is -0.468 e. The van der Waals surface area contributed by atoms with E-state index < -0.39 is 0 Å². The number of aryl methyl sites for hydroxylation is 1. The topological polar surface area (TPSA) is 57.5 Å². The molecular formula is C20H25N3O2S2. The highest BCUT2D eigenvalue weighted by Crippen LogP contribution is 2.27. The van der Waals surface area contributed by atoms with E-state index in [4.69, 9.17) is 16.6 Å². The van der Waals surface area contributed by atoms with Crippen molar-refractivity contribution in [3.63, 3.8) is 0 Å². The molecule has 1 amide bonds. The fourth-order valence-electron chi connectivity index (χ4n) is 3.06. The minimum absolute atomic E-state index is 0.209. The first-order valence-electron chi connectivity index (χ1n) is 9.19. The molecule has 1 aromatic carbocycles. The van der Waals surface area contributed by atoms with Gasteiger partial charge in [-0.1, -0.05) is 0 Å². The molecular weight excluding hydrogens is 378 g/mol. The van der Waals surface area contributed by atoms with Gasteiger partial charge in [0.1, 0.15) is 5.76 Å². The van der Waals surface area contributed by atoms with Crippen LogP contribution in [0.2, 0.25) is 0 Å². The fourth-order valence-corrected chi connectivity index (χ4v) is 4.14. The van der Waals surface area contributed by atoms with E-state index in [1.165, 1.54) is 0 Å². The summed E-state index contributed by atoms with van der Waals surface area (Å²) in [6.07, 6.45) is 4.32. The third kappa shape index (κ3) is 5.74. The Morgan fingerprint density at radius 2 is 2.26 bits per heavy atom. The number of carbonyl (C=O) groups excluding carboxylic acids is 1. The van der Waals surface area contributed by atoms with Gasteiger partial charge in [-0.05, 0) is 73.6 Å². The van der Waals surface area contributed by atoms with Gasteiger partial charge in [0, 0.05) is 30.9 Å². The zero-order chi connectivity index (χ0) is 19.1. The van der Waals surface area contributed by atoms with Gasteiger partial charge in [-0.25, -0.2) is 0 Å². The van der Waals surface area contributed by atoms with Crippen LogP contribution in [-0.4, -0.2) is 29.9 Å². The number of carbonyl (C=O) groups is 1. The quantitative estimate of drug-likeness (QED) is 0.506. The number of hydrogen-bond acceptors (Lipinski definition) is 4. The number of thiocarbonyl (C=S) groups is 1. The number of nitrogens with zero attached hydrogens (tertiary/aromatic N) is 1. The number of thioether (sulfide) groups is 1. The van der Waals surface area contributed by atoms with Crippen LogP contribution in [0.25, 0.3) is 0 Å². The van der Waals surface area contributed by atoms with Crippen molar-refractivity contribution in [3.05, 3.63) is 47.9 Å². The van der Waals surface area contributed by atoms with Gasteiger partial charge in [-0.2, -0.15) is 11.8 Å². The van der Waals surface area contributed by atoms with Crippen LogP contribution in [0, 0.1) is 6.92 Å². The lowest BCUT2D eigenvalue weighted by molar-refractivity contribution is -0.117. The smallest absolute Gasteiger partial charge is 0.227 e. The summed E-state index contributed by atoms with van der Waals surface area (Å²) in [7, 11) is 0. The Bertz CT molecular complexity index is 778. The normalized spacial score (nSPS) is 13.8. The molecule has 2 N–H and O–H groups in total. The second-order valence-corrected chi connectivity index (χ2v) is 8.03. The van der Waals surface area contributed by atoms with E-state index in [0.29, 0.717) is 11.5 Å². The Balaban J connectivity index is 1.37. The third-order valence-electron chi connectivity index (χ3n) is 4.39. The van der Waals surface area contributed by atoms with Gasteiger partial charge in [0.05, 0.1) is 12.0 Å². The van der Waals surface area contributed by atoms with E-state index in [-0.39, 0.29) is 5.91 Å². The fraction of sp³-hybridized carbons (Fsp3) is 0.400. The largest absolute Gasteiger partial charge is 0.468 e. The number of benzene rings is 1. The average Bonchev–Trinajstić information content (AvgIpc) is 3.30. The summed E-state index contributed by atoms with van der Waals surface area (Å²) < 4.78 is 5.31.